The largest absolute Gasteiger partial charge is 0.416 e. The first-order valence-corrected chi connectivity index (χ1v) is 6.08. The lowest BCUT2D eigenvalue weighted by molar-refractivity contribution is -0.138. The molecule has 0 radical (unpaired) electrons. The lowest BCUT2D eigenvalue weighted by Crippen LogP contribution is -2.29. The molecule has 1 rings (SSSR count). The Labute approximate surface area is 121 Å². The van der Waals surface area contributed by atoms with Crippen LogP contribution in [0.1, 0.15) is 43.4 Å². The summed E-state index contributed by atoms with van der Waals surface area (Å²) in [5, 5.41) is 9.76. The Bertz CT molecular complexity index is 425. The molecule has 0 bridgehead atoms. The molecule has 0 aliphatic rings. The number of alkyl halides is 3. The van der Waals surface area contributed by atoms with E-state index in [9.17, 15) is 22.7 Å². The summed E-state index contributed by atoms with van der Waals surface area (Å²) in [6.45, 7) is 1.88. The van der Waals surface area contributed by atoms with Gasteiger partial charge in [-0.1, -0.05) is 25.8 Å². The fraction of sp³-hybridized carbons (Fsp3) is 0.538. The summed E-state index contributed by atoms with van der Waals surface area (Å²) < 4.78 is 52.0. The predicted molar refractivity (Wildman–Crippen MR) is 71.1 cm³/mol. The van der Waals surface area contributed by atoms with Gasteiger partial charge < -0.3 is 10.8 Å². The van der Waals surface area contributed by atoms with Crippen molar-refractivity contribution in [1.82, 2.24) is 0 Å². The van der Waals surface area contributed by atoms with Gasteiger partial charge >= 0.3 is 6.18 Å². The molecule has 0 aromatic heterocycles. The van der Waals surface area contributed by atoms with Gasteiger partial charge in [0.05, 0.1) is 17.7 Å². The molecule has 0 saturated heterocycles. The lowest BCUT2D eigenvalue weighted by atomic mass is 9.93. The number of aliphatic hydroxyl groups excluding tert-OH is 1. The predicted octanol–water partition coefficient (Wildman–Crippen LogP) is 3.82. The van der Waals surface area contributed by atoms with Crippen molar-refractivity contribution in [2.24, 2.45) is 5.73 Å². The van der Waals surface area contributed by atoms with Crippen molar-refractivity contribution in [3.8, 4) is 0 Å². The Morgan fingerprint density at radius 2 is 1.90 bits per heavy atom. The number of benzene rings is 1. The highest BCUT2D eigenvalue weighted by Gasteiger charge is 2.37. The van der Waals surface area contributed by atoms with E-state index in [0.717, 1.165) is 24.6 Å². The van der Waals surface area contributed by atoms with Gasteiger partial charge in [-0.05, 0) is 18.6 Å². The fourth-order valence-electron chi connectivity index (χ4n) is 1.91. The average Bonchev–Trinajstić information content (AvgIpc) is 2.33. The van der Waals surface area contributed by atoms with Crippen molar-refractivity contribution in [2.75, 3.05) is 0 Å². The van der Waals surface area contributed by atoms with Crippen molar-refractivity contribution >= 4 is 12.4 Å². The number of rotatable bonds is 5. The van der Waals surface area contributed by atoms with Crippen LogP contribution in [-0.4, -0.2) is 11.2 Å². The third-order valence-electron chi connectivity index (χ3n) is 2.96. The number of aliphatic hydroxyl groups is 1. The number of unbranched alkanes of at least 4 members (excludes halogenated alkanes) is 1. The number of nitrogens with two attached hydrogens (primary N) is 1. The molecule has 0 saturated carbocycles. The maximum Gasteiger partial charge on any atom is 0.416 e. The van der Waals surface area contributed by atoms with Crippen molar-refractivity contribution in [1.29, 1.82) is 0 Å². The van der Waals surface area contributed by atoms with Crippen LogP contribution in [0.3, 0.4) is 0 Å². The second kappa shape index (κ2) is 7.81. The fourth-order valence-corrected chi connectivity index (χ4v) is 1.91. The molecule has 1 aromatic rings. The molecule has 0 aliphatic heterocycles. The summed E-state index contributed by atoms with van der Waals surface area (Å²) in [5.74, 6) is -1.04. The molecule has 20 heavy (non-hydrogen) atoms. The summed E-state index contributed by atoms with van der Waals surface area (Å²) in [6.07, 6.45) is -4.27. The molecular weight excluding hydrogens is 298 g/mol. The summed E-state index contributed by atoms with van der Waals surface area (Å²) >= 11 is 0. The molecule has 2 nitrogen and oxygen atoms in total. The Kier molecular flexibility index (Phi) is 7.47. The highest BCUT2D eigenvalue weighted by atomic mass is 35.5. The van der Waals surface area contributed by atoms with Gasteiger partial charge in [0.25, 0.3) is 0 Å². The van der Waals surface area contributed by atoms with E-state index < -0.39 is 35.3 Å². The smallest absolute Gasteiger partial charge is 0.391 e. The van der Waals surface area contributed by atoms with Crippen molar-refractivity contribution < 1.29 is 22.7 Å². The van der Waals surface area contributed by atoms with Crippen LogP contribution in [0.25, 0.3) is 0 Å². The Morgan fingerprint density at radius 1 is 1.30 bits per heavy atom. The molecule has 0 aliphatic carbocycles. The molecule has 116 valence electrons. The van der Waals surface area contributed by atoms with Gasteiger partial charge in [0, 0.05) is 5.56 Å². The van der Waals surface area contributed by atoms with Crippen LogP contribution in [0.15, 0.2) is 18.2 Å². The minimum Gasteiger partial charge on any atom is -0.391 e. The molecule has 1 aromatic carbocycles. The quantitative estimate of drug-likeness (QED) is 0.811. The molecule has 0 amide bonds. The van der Waals surface area contributed by atoms with E-state index in [0.29, 0.717) is 6.42 Å². The minimum atomic E-state index is -4.69. The maximum atomic E-state index is 13.6. The minimum absolute atomic E-state index is 0. The van der Waals surface area contributed by atoms with E-state index in [2.05, 4.69) is 0 Å². The summed E-state index contributed by atoms with van der Waals surface area (Å²) in [6, 6.07) is 1.28. The van der Waals surface area contributed by atoms with E-state index in [1.165, 1.54) is 0 Å². The first-order valence-electron chi connectivity index (χ1n) is 6.08. The maximum absolute atomic E-state index is 13.6. The van der Waals surface area contributed by atoms with Gasteiger partial charge in [-0.15, -0.1) is 12.4 Å². The molecule has 2 atom stereocenters. The van der Waals surface area contributed by atoms with Crippen LogP contribution < -0.4 is 5.73 Å². The Balaban J connectivity index is 0.00000361. The van der Waals surface area contributed by atoms with Crippen LogP contribution in [0, 0.1) is 5.82 Å². The molecule has 0 fully saturated rings. The lowest BCUT2D eigenvalue weighted by Gasteiger charge is -2.23. The summed E-state index contributed by atoms with van der Waals surface area (Å²) in [4.78, 5) is 0. The van der Waals surface area contributed by atoms with Gasteiger partial charge in [-0.2, -0.15) is 13.2 Å². The zero-order valence-electron chi connectivity index (χ0n) is 11.0. The van der Waals surface area contributed by atoms with E-state index in [1.807, 2.05) is 6.92 Å². The van der Waals surface area contributed by atoms with Gasteiger partial charge in [0.2, 0.25) is 0 Å². The normalized spacial score (nSPS) is 14.6. The molecule has 3 N–H and O–H groups in total. The monoisotopic (exact) mass is 315 g/mol. The second-order valence-electron chi connectivity index (χ2n) is 4.43. The van der Waals surface area contributed by atoms with Crippen LogP contribution in [0.5, 0.6) is 0 Å². The summed E-state index contributed by atoms with van der Waals surface area (Å²) in [5.41, 5.74) is 3.79. The molecule has 0 heterocycles. The van der Waals surface area contributed by atoms with E-state index in [1.54, 1.807) is 0 Å². The van der Waals surface area contributed by atoms with Crippen LogP contribution in [0.4, 0.5) is 17.6 Å². The van der Waals surface area contributed by atoms with Crippen molar-refractivity contribution in [3.05, 3.63) is 35.1 Å². The number of hydrogen-bond donors (Lipinski definition) is 2. The van der Waals surface area contributed by atoms with Crippen molar-refractivity contribution in [3.63, 3.8) is 0 Å². The zero-order chi connectivity index (χ0) is 14.6. The summed E-state index contributed by atoms with van der Waals surface area (Å²) in [7, 11) is 0. The number of hydrogen-bond acceptors (Lipinski definition) is 2. The SMILES string of the molecule is CCCC[C@H](O)[C@H](N)c1c(F)cccc1C(F)(F)F.Cl. The average molecular weight is 316 g/mol. The van der Waals surface area contributed by atoms with Gasteiger partial charge in [-0.3, -0.25) is 0 Å². The molecule has 7 heteroatoms. The first-order chi connectivity index (χ1) is 8.79. The molecule has 0 spiro atoms. The highest BCUT2D eigenvalue weighted by molar-refractivity contribution is 5.85. The molecule has 0 unspecified atom stereocenters. The van der Waals surface area contributed by atoms with E-state index in [4.69, 9.17) is 5.73 Å². The third kappa shape index (κ3) is 4.61. The van der Waals surface area contributed by atoms with Crippen molar-refractivity contribution in [2.45, 2.75) is 44.5 Å². The third-order valence-corrected chi connectivity index (χ3v) is 2.96. The topological polar surface area (TPSA) is 46.2 Å². The van der Waals surface area contributed by atoms with Crippen LogP contribution >= 0.6 is 12.4 Å². The highest BCUT2D eigenvalue weighted by Crippen LogP contribution is 2.36. The Hall–Kier alpha value is -0.850. The Morgan fingerprint density at radius 3 is 2.40 bits per heavy atom. The van der Waals surface area contributed by atoms with E-state index in [-0.39, 0.29) is 18.8 Å². The standard InChI is InChI=1S/C13H17F4NO.ClH/c1-2-3-7-10(19)12(18)11-8(13(15,16)17)5-4-6-9(11)14;/h4-6,10,12,19H,2-3,7,18H2,1H3;1H/t10-,12-;/m0./s1. The number of halogens is 5. The zero-order valence-corrected chi connectivity index (χ0v) is 11.8. The first kappa shape index (κ1) is 19.1. The van der Waals surface area contributed by atoms with Crippen LogP contribution in [-0.2, 0) is 6.18 Å². The van der Waals surface area contributed by atoms with Gasteiger partial charge in [0.15, 0.2) is 0 Å². The van der Waals surface area contributed by atoms with E-state index >= 15 is 0 Å². The van der Waals surface area contributed by atoms with Gasteiger partial charge in [0.1, 0.15) is 5.82 Å². The molecular formula is C13H18ClF4NO. The van der Waals surface area contributed by atoms with Gasteiger partial charge in [-0.25, -0.2) is 4.39 Å². The second-order valence-corrected chi connectivity index (χ2v) is 4.43. The van der Waals surface area contributed by atoms with Crippen LogP contribution in [0.2, 0.25) is 0 Å².